The summed E-state index contributed by atoms with van der Waals surface area (Å²) in [5.41, 5.74) is 0. The molecule has 0 aliphatic carbocycles. The van der Waals surface area contributed by atoms with E-state index in [9.17, 15) is 0 Å². The van der Waals surface area contributed by atoms with Crippen LogP contribution in [0.2, 0.25) is 0 Å². The summed E-state index contributed by atoms with van der Waals surface area (Å²) in [7, 11) is 2.22. The van der Waals surface area contributed by atoms with Gasteiger partial charge in [-0.2, -0.15) is 11.8 Å². The summed E-state index contributed by atoms with van der Waals surface area (Å²) >= 11 is 1.94. The van der Waals surface area contributed by atoms with Gasteiger partial charge in [-0.3, -0.25) is 0 Å². The SMILES string of the molecule is CCCNCCN(C)C(C)CCSC. The molecule has 0 amide bonds. The zero-order valence-corrected chi connectivity index (χ0v) is 11.0. The van der Waals surface area contributed by atoms with Gasteiger partial charge in [0.05, 0.1) is 0 Å². The second-order valence-corrected chi connectivity index (χ2v) is 4.85. The van der Waals surface area contributed by atoms with E-state index in [1.807, 2.05) is 11.8 Å². The number of nitrogens with one attached hydrogen (secondary N) is 1. The van der Waals surface area contributed by atoms with E-state index in [-0.39, 0.29) is 0 Å². The Kier molecular flexibility index (Phi) is 10.0. The number of likely N-dealkylation sites (N-methyl/N-ethyl adjacent to an activating group) is 1. The molecule has 3 heteroatoms. The fraction of sp³-hybridized carbons (Fsp3) is 1.00. The van der Waals surface area contributed by atoms with Crippen molar-refractivity contribution < 1.29 is 0 Å². The van der Waals surface area contributed by atoms with E-state index in [1.54, 1.807) is 0 Å². The maximum absolute atomic E-state index is 3.43. The van der Waals surface area contributed by atoms with Crippen LogP contribution in [0.15, 0.2) is 0 Å². The summed E-state index contributed by atoms with van der Waals surface area (Å²) in [4.78, 5) is 2.44. The van der Waals surface area contributed by atoms with Crippen LogP contribution < -0.4 is 5.32 Å². The molecule has 0 heterocycles. The molecule has 86 valence electrons. The first kappa shape index (κ1) is 14.3. The van der Waals surface area contributed by atoms with E-state index in [4.69, 9.17) is 0 Å². The molecule has 0 bridgehead atoms. The minimum atomic E-state index is 0.714. The summed E-state index contributed by atoms with van der Waals surface area (Å²) in [6.07, 6.45) is 4.70. The Morgan fingerprint density at radius 3 is 2.64 bits per heavy atom. The van der Waals surface area contributed by atoms with Crippen molar-refractivity contribution in [1.29, 1.82) is 0 Å². The smallest absolute Gasteiger partial charge is 0.0107 e. The van der Waals surface area contributed by atoms with E-state index in [0.717, 1.165) is 19.6 Å². The van der Waals surface area contributed by atoms with Gasteiger partial charge < -0.3 is 10.2 Å². The van der Waals surface area contributed by atoms with Crippen LogP contribution in [0.3, 0.4) is 0 Å². The molecule has 0 saturated carbocycles. The summed E-state index contributed by atoms with van der Waals surface area (Å²) < 4.78 is 0. The lowest BCUT2D eigenvalue weighted by Crippen LogP contribution is -2.35. The number of hydrogen-bond acceptors (Lipinski definition) is 3. The number of nitrogens with zero attached hydrogens (tertiary/aromatic N) is 1. The average Bonchev–Trinajstić information content (AvgIpc) is 2.20. The minimum Gasteiger partial charge on any atom is -0.315 e. The van der Waals surface area contributed by atoms with Gasteiger partial charge in [0.15, 0.2) is 0 Å². The highest BCUT2D eigenvalue weighted by Gasteiger charge is 2.07. The van der Waals surface area contributed by atoms with Gasteiger partial charge >= 0.3 is 0 Å². The minimum absolute atomic E-state index is 0.714. The largest absolute Gasteiger partial charge is 0.315 e. The van der Waals surface area contributed by atoms with Crippen LogP contribution in [0.5, 0.6) is 0 Å². The molecular formula is C11H26N2S. The van der Waals surface area contributed by atoms with Gasteiger partial charge in [-0.25, -0.2) is 0 Å². The zero-order chi connectivity index (χ0) is 10.8. The topological polar surface area (TPSA) is 15.3 Å². The zero-order valence-electron chi connectivity index (χ0n) is 10.2. The maximum atomic E-state index is 3.43. The lowest BCUT2D eigenvalue weighted by atomic mass is 10.2. The summed E-state index contributed by atoms with van der Waals surface area (Å²) in [5, 5.41) is 3.43. The molecule has 2 nitrogen and oxygen atoms in total. The third-order valence-electron chi connectivity index (χ3n) is 2.56. The third-order valence-corrected chi connectivity index (χ3v) is 3.20. The Bertz CT molecular complexity index is 120. The van der Waals surface area contributed by atoms with Gasteiger partial charge in [-0.05, 0) is 45.4 Å². The molecule has 0 fully saturated rings. The fourth-order valence-electron chi connectivity index (χ4n) is 1.29. The predicted molar refractivity (Wildman–Crippen MR) is 68.3 cm³/mol. The summed E-state index contributed by atoms with van der Waals surface area (Å²) in [6, 6.07) is 0.714. The molecular weight excluding hydrogens is 192 g/mol. The number of thioether (sulfide) groups is 1. The van der Waals surface area contributed by atoms with Gasteiger partial charge in [-0.1, -0.05) is 6.92 Å². The van der Waals surface area contributed by atoms with Gasteiger partial charge in [-0.15, -0.1) is 0 Å². The predicted octanol–water partition coefficient (Wildman–Crippen LogP) is 2.06. The Labute approximate surface area is 93.8 Å². The Hall–Kier alpha value is 0.270. The van der Waals surface area contributed by atoms with Gasteiger partial charge in [0.2, 0.25) is 0 Å². The van der Waals surface area contributed by atoms with Gasteiger partial charge in [0, 0.05) is 19.1 Å². The standard InChI is InChI=1S/C11H26N2S/c1-5-7-12-8-9-13(3)11(2)6-10-14-4/h11-12H,5-10H2,1-4H3. The molecule has 0 aliphatic heterocycles. The molecule has 0 radical (unpaired) electrons. The Balaban J connectivity index is 3.36. The van der Waals surface area contributed by atoms with Crippen molar-refractivity contribution >= 4 is 11.8 Å². The summed E-state index contributed by atoms with van der Waals surface area (Å²) in [5.74, 6) is 1.27. The number of rotatable bonds is 9. The van der Waals surface area contributed by atoms with Crippen LogP contribution in [-0.4, -0.2) is 49.6 Å². The van der Waals surface area contributed by atoms with Crippen LogP contribution in [0, 0.1) is 0 Å². The average molecular weight is 218 g/mol. The molecule has 1 atom stereocenters. The molecule has 14 heavy (non-hydrogen) atoms. The highest BCUT2D eigenvalue weighted by Crippen LogP contribution is 2.04. The van der Waals surface area contributed by atoms with E-state index in [2.05, 4.69) is 37.4 Å². The van der Waals surface area contributed by atoms with Crippen molar-refractivity contribution in [2.45, 2.75) is 32.7 Å². The Morgan fingerprint density at radius 2 is 2.07 bits per heavy atom. The van der Waals surface area contributed by atoms with Crippen molar-refractivity contribution in [1.82, 2.24) is 10.2 Å². The van der Waals surface area contributed by atoms with E-state index in [1.165, 1.54) is 18.6 Å². The first-order chi connectivity index (χ1) is 6.72. The van der Waals surface area contributed by atoms with Gasteiger partial charge in [0.25, 0.3) is 0 Å². The highest BCUT2D eigenvalue weighted by atomic mass is 32.2. The van der Waals surface area contributed by atoms with Crippen LogP contribution in [0.25, 0.3) is 0 Å². The molecule has 1 unspecified atom stereocenters. The lowest BCUT2D eigenvalue weighted by molar-refractivity contribution is 0.253. The van der Waals surface area contributed by atoms with E-state index >= 15 is 0 Å². The first-order valence-corrected chi connectivity index (χ1v) is 7.01. The van der Waals surface area contributed by atoms with Crippen molar-refractivity contribution in [3.05, 3.63) is 0 Å². The quantitative estimate of drug-likeness (QED) is 0.596. The fourth-order valence-corrected chi connectivity index (χ4v) is 1.86. The second kappa shape index (κ2) is 9.81. The molecule has 0 aliphatic rings. The first-order valence-electron chi connectivity index (χ1n) is 5.62. The molecule has 0 saturated heterocycles. The normalized spacial score (nSPS) is 13.5. The highest BCUT2D eigenvalue weighted by molar-refractivity contribution is 7.98. The monoisotopic (exact) mass is 218 g/mol. The Morgan fingerprint density at radius 1 is 1.36 bits per heavy atom. The molecule has 1 N–H and O–H groups in total. The van der Waals surface area contributed by atoms with Crippen molar-refractivity contribution in [2.75, 3.05) is 38.7 Å². The second-order valence-electron chi connectivity index (χ2n) is 3.86. The molecule has 0 aromatic carbocycles. The van der Waals surface area contributed by atoms with Crippen LogP contribution >= 0.6 is 11.8 Å². The van der Waals surface area contributed by atoms with Crippen LogP contribution in [-0.2, 0) is 0 Å². The van der Waals surface area contributed by atoms with E-state index in [0.29, 0.717) is 6.04 Å². The number of hydrogen-bond donors (Lipinski definition) is 1. The molecule has 0 rings (SSSR count). The lowest BCUT2D eigenvalue weighted by Gasteiger charge is -2.24. The summed E-state index contributed by atoms with van der Waals surface area (Å²) in [6.45, 7) is 7.95. The molecule has 0 aromatic rings. The molecule has 0 spiro atoms. The van der Waals surface area contributed by atoms with Crippen LogP contribution in [0.1, 0.15) is 26.7 Å². The van der Waals surface area contributed by atoms with Crippen molar-refractivity contribution in [3.8, 4) is 0 Å². The third kappa shape index (κ3) is 7.65. The van der Waals surface area contributed by atoms with Crippen molar-refractivity contribution in [3.63, 3.8) is 0 Å². The van der Waals surface area contributed by atoms with Gasteiger partial charge in [0.1, 0.15) is 0 Å². The van der Waals surface area contributed by atoms with Crippen molar-refractivity contribution in [2.24, 2.45) is 0 Å². The maximum Gasteiger partial charge on any atom is 0.0107 e. The van der Waals surface area contributed by atoms with E-state index < -0.39 is 0 Å². The van der Waals surface area contributed by atoms with Crippen LogP contribution in [0.4, 0.5) is 0 Å². The molecule has 0 aromatic heterocycles.